The minimum atomic E-state index is -1.48. The van der Waals surface area contributed by atoms with E-state index in [1.807, 2.05) is 0 Å². The molecule has 1 aromatic rings. The highest BCUT2D eigenvalue weighted by atomic mass is 19.2. The molecule has 0 bridgehead atoms. The largest absolute Gasteiger partial charge is 0.385 e. The lowest BCUT2D eigenvalue weighted by atomic mass is 9.91. The molecule has 17 heavy (non-hydrogen) atoms. The number of hydrogen-bond acceptors (Lipinski definition) is 2. The summed E-state index contributed by atoms with van der Waals surface area (Å²) in [4.78, 5) is 0. The first-order valence-electron chi connectivity index (χ1n) is 5.15. The number of nitrogens with zero attached hydrogens (tertiary/aromatic N) is 1. The van der Waals surface area contributed by atoms with Gasteiger partial charge in [0.2, 0.25) is 0 Å². The molecule has 0 spiro atoms. The monoisotopic (exact) mass is 242 g/mol. The van der Waals surface area contributed by atoms with E-state index >= 15 is 0 Å². The van der Waals surface area contributed by atoms with Gasteiger partial charge in [-0.2, -0.15) is 5.26 Å². The van der Waals surface area contributed by atoms with Crippen LogP contribution in [0.5, 0.6) is 0 Å². The molecule has 0 atom stereocenters. The van der Waals surface area contributed by atoms with E-state index in [1.54, 1.807) is 13.8 Å². The molecular weight excluding hydrogens is 229 g/mol. The molecule has 0 aliphatic heterocycles. The zero-order chi connectivity index (χ0) is 13.1. The van der Waals surface area contributed by atoms with Crippen molar-refractivity contribution >= 4 is 5.69 Å². The summed E-state index contributed by atoms with van der Waals surface area (Å²) in [6.45, 7) is 3.91. The van der Waals surface area contributed by atoms with E-state index in [1.165, 1.54) is 0 Å². The SMILES string of the molecule is CC(C)(C#N)CCNc1cc(F)c(F)c(F)c1. The van der Waals surface area contributed by atoms with Gasteiger partial charge in [0.1, 0.15) is 0 Å². The van der Waals surface area contributed by atoms with Crippen LogP contribution in [0.1, 0.15) is 20.3 Å². The van der Waals surface area contributed by atoms with Crippen LogP contribution < -0.4 is 5.32 Å². The Morgan fingerprint density at radius 3 is 2.24 bits per heavy atom. The van der Waals surface area contributed by atoms with Crippen LogP contribution in [-0.2, 0) is 0 Å². The van der Waals surface area contributed by atoms with Crippen LogP contribution in [0.4, 0.5) is 18.9 Å². The summed E-state index contributed by atoms with van der Waals surface area (Å²) in [6, 6.07) is 3.88. The van der Waals surface area contributed by atoms with Crippen molar-refractivity contribution in [3.63, 3.8) is 0 Å². The van der Waals surface area contributed by atoms with Crippen LogP contribution in [0.15, 0.2) is 12.1 Å². The Morgan fingerprint density at radius 2 is 1.76 bits per heavy atom. The molecule has 0 fully saturated rings. The van der Waals surface area contributed by atoms with Gasteiger partial charge in [-0.15, -0.1) is 0 Å². The maximum atomic E-state index is 12.9. The minimum Gasteiger partial charge on any atom is -0.385 e. The first-order chi connectivity index (χ1) is 7.85. The molecule has 0 heterocycles. The molecule has 0 unspecified atom stereocenters. The van der Waals surface area contributed by atoms with E-state index in [4.69, 9.17) is 5.26 Å². The van der Waals surface area contributed by atoms with Gasteiger partial charge in [0, 0.05) is 24.4 Å². The average Bonchev–Trinajstić information content (AvgIpc) is 2.25. The van der Waals surface area contributed by atoms with Gasteiger partial charge in [-0.1, -0.05) is 0 Å². The topological polar surface area (TPSA) is 35.8 Å². The van der Waals surface area contributed by atoms with Gasteiger partial charge in [-0.05, 0) is 20.3 Å². The third kappa shape index (κ3) is 3.66. The van der Waals surface area contributed by atoms with Crippen molar-refractivity contribution in [2.75, 3.05) is 11.9 Å². The van der Waals surface area contributed by atoms with E-state index in [0.29, 0.717) is 13.0 Å². The van der Waals surface area contributed by atoms with Gasteiger partial charge in [-0.25, -0.2) is 13.2 Å². The summed E-state index contributed by atoms with van der Waals surface area (Å²) < 4.78 is 38.4. The second kappa shape index (κ2) is 5.09. The number of rotatable bonds is 4. The molecule has 5 heteroatoms. The molecular formula is C12H13F3N2. The van der Waals surface area contributed by atoms with Gasteiger partial charge in [-0.3, -0.25) is 0 Å². The number of nitrogens with one attached hydrogen (secondary N) is 1. The summed E-state index contributed by atoms with van der Waals surface area (Å²) in [7, 11) is 0. The molecule has 0 saturated heterocycles. The first kappa shape index (κ1) is 13.4. The van der Waals surface area contributed by atoms with Crippen LogP contribution in [0.2, 0.25) is 0 Å². The number of nitriles is 1. The number of benzene rings is 1. The highest BCUT2D eigenvalue weighted by molar-refractivity contribution is 5.44. The molecule has 0 saturated carbocycles. The molecule has 92 valence electrons. The van der Waals surface area contributed by atoms with Crippen LogP contribution in [-0.4, -0.2) is 6.54 Å². The Labute approximate surface area is 98.1 Å². The molecule has 0 aliphatic carbocycles. The lowest BCUT2D eigenvalue weighted by molar-refractivity contribution is 0.447. The van der Waals surface area contributed by atoms with Gasteiger partial charge < -0.3 is 5.32 Å². The van der Waals surface area contributed by atoms with Crippen molar-refractivity contribution in [1.82, 2.24) is 0 Å². The number of hydrogen-bond donors (Lipinski definition) is 1. The Kier molecular flexibility index (Phi) is 4.00. The summed E-state index contributed by atoms with van der Waals surface area (Å²) in [5.41, 5.74) is -0.348. The molecule has 0 aliphatic rings. The van der Waals surface area contributed by atoms with Crippen LogP contribution in [0.3, 0.4) is 0 Å². The quantitative estimate of drug-likeness (QED) is 0.821. The van der Waals surface area contributed by atoms with Crippen molar-refractivity contribution in [2.45, 2.75) is 20.3 Å². The maximum absolute atomic E-state index is 12.9. The van der Waals surface area contributed by atoms with Gasteiger partial charge >= 0.3 is 0 Å². The Morgan fingerprint density at radius 1 is 1.24 bits per heavy atom. The summed E-state index contributed by atoms with van der Waals surface area (Å²) in [5.74, 6) is -3.94. The smallest absolute Gasteiger partial charge is 0.194 e. The van der Waals surface area contributed by atoms with E-state index in [9.17, 15) is 13.2 Å². The van der Waals surface area contributed by atoms with Gasteiger partial charge in [0.15, 0.2) is 17.5 Å². The number of anilines is 1. The normalized spacial score (nSPS) is 11.1. The van der Waals surface area contributed by atoms with Crippen molar-refractivity contribution in [3.8, 4) is 6.07 Å². The summed E-state index contributed by atoms with van der Waals surface area (Å²) >= 11 is 0. The second-order valence-electron chi connectivity index (χ2n) is 4.43. The lowest BCUT2D eigenvalue weighted by Gasteiger charge is -2.15. The fraction of sp³-hybridized carbons (Fsp3) is 0.417. The third-order valence-electron chi connectivity index (χ3n) is 2.37. The molecule has 0 radical (unpaired) electrons. The van der Waals surface area contributed by atoms with Crippen LogP contribution >= 0.6 is 0 Å². The Bertz CT molecular complexity index is 427. The Hall–Kier alpha value is -1.70. The van der Waals surface area contributed by atoms with Gasteiger partial charge in [0.05, 0.1) is 11.5 Å². The molecule has 0 amide bonds. The molecule has 0 aromatic heterocycles. The van der Waals surface area contributed by atoms with Crippen molar-refractivity contribution in [3.05, 3.63) is 29.6 Å². The highest BCUT2D eigenvalue weighted by Crippen LogP contribution is 2.20. The lowest BCUT2D eigenvalue weighted by Crippen LogP contribution is -2.14. The summed E-state index contributed by atoms with van der Waals surface area (Å²) in [6.07, 6.45) is 0.518. The zero-order valence-electron chi connectivity index (χ0n) is 9.65. The zero-order valence-corrected chi connectivity index (χ0v) is 9.65. The van der Waals surface area contributed by atoms with Crippen LogP contribution in [0.25, 0.3) is 0 Å². The fourth-order valence-electron chi connectivity index (χ4n) is 1.23. The van der Waals surface area contributed by atoms with Crippen molar-refractivity contribution in [2.24, 2.45) is 5.41 Å². The van der Waals surface area contributed by atoms with E-state index in [0.717, 1.165) is 12.1 Å². The Balaban J connectivity index is 2.63. The van der Waals surface area contributed by atoms with E-state index in [2.05, 4.69) is 11.4 Å². The maximum Gasteiger partial charge on any atom is 0.194 e. The van der Waals surface area contributed by atoms with E-state index in [-0.39, 0.29) is 5.69 Å². The molecule has 1 N–H and O–H groups in total. The third-order valence-corrected chi connectivity index (χ3v) is 2.37. The predicted molar refractivity (Wildman–Crippen MR) is 58.8 cm³/mol. The van der Waals surface area contributed by atoms with Crippen molar-refractivity contribution < 1.29 is 13.2 Å². The van der Waals surface area contributed by atoms with Gasteiger partial charge in [0.25, 0.3) is 0 Å². The highest BCUT2D eigenvalue weighted by Gasteiger charge is 2.16. The first-order valence-corrected chi connectivity index (χ1v) is 5.15. The predicted octanol–water partition coefficient (Wildman–Crippen LogP) is 3.46. The van der Waals surface area contributed by atoms with Crippen LogP contribution in [0, 0.1) is 34.2 Å². The molecule has 1 aromatic carbocycles. The minimum absolute atomic E-state index is 0.162. The second-order valence-corrected chi connectivity index (χ2v) is 4.43. The van der Waals surface area contributed by atoms with E-state index < -0.39 is 22.9 Å². The molecule has 2 nitrogen and oxygen atoms in total. The fourth-order valence-corrected chi connectivity index (χ4v) is 1.23. The summed E-state index contributed by atoms with van der Waals surface area (Å²) in [5, 5.41) is 11.5. The molecule has 1 rings (SSSR count). The average molecular weight is 242 g/mol. The van der Waals surface area contributed by atoms with Crippen molar-refractivity contribution in [1.29, 1.82) is 5.26 Å². The standard InChI is InChI=1S/C12H13F3N2/c1-12(2,7-16)3-4-17-8-5-9(13)11(15)10(14)6-8/h5-6,17H,3-4H2,1-2H3. The number of halogens is 3.